The number of likely N-dealkylation sites (tertiary alicyclic amines) is 3. The van der Waals surface area contributed by atoms with E-state index in [1.54, 1.807) is 6.20 Å². The van der Waals surface area contributed by atoms with Gasteiger partial charge >= 0.3 is 6.03 Å². The number of imide groups is 1. The summed E-state index contributed by atoms with van der Waals surface area (Å²) in [6, 6.07) is 13.8. The molecule has 17 nitrogen and oxygen atoms in total. The second-order valence-electron chi connectivity index (χ2n) is 22.8. The number of piperidine rings is 4. The van der Waals surface area contributed by atoms with Gasteiger partial charge in [-0.05, 0) is 127 Å². The summed E-state index contributed by atoms with van der Waals surface area (Å²) in [5.74, 6) is 1.11. The Hall–Kier alpha value is -6.10. The van der Waals surface area contributed by atoms with E-state index in [9.17, 15) is 19.2 Å². The largest absolute Gasteiger partial charge is 0.366 e. The van der Waals surface area contributed by atoms with Crippen LogP contribution in [0.1, 0.15) is 127 Å². The van der Waals surface area contributed by atoms with Gasteiger partial charge in [0.2, 0.25) is 23.6 Å². The van der Waals surface area contributed by atoms with Crippen molar-refractivity contribution in [2.24, 2.45) is 5.41 Å². The number of carbonyl (C=O) groups is 5. The van der Waals surface area contributed by atoms with Gasteiger partial charge in [-0.1, -0.05) is 31.5 Å². The third-order valence-electron chi connectivity index (χ3n) is 17.9. The summed E-state index contributed by atoms with van der Waals surface area (Å²) in [6.45, 7) is 13.2. The number of imidazole rings is 1. The van der Waals surface area contributed by atoms with Crippen molar-refractivity contribution in [1.82, 2.24) is 44.4 Å². The van der Waals surface area contributed by atoms with E-state index in [-0.39, 0.29) is 47.7 Å². The van der Waals surface area contributed by atoms with Crippen molar-refractivity contribution >= 4 is 58.0 Å². The zero-order valence-corrected chi connectivity index (χ0v) is 42.3. The number of hydrogen-bond acceptors (Lipinski definition) is 11. The number of urea groups is 1. The predicted molar refractivity (Wildman–Crippen MR) is 275 cm³/mol. The maximum Gasteiger partial charge on any atom is 0.320 e. The standard InChI is InChI=1S/C55H70N12O5/c1-35(2)66-34-57-44-32-43(59-49(48(44)66)58-38-9-10-38)36-7-12-42-45(29-36)67(40-30-39(31-40)61-19-5-4-6-20-61)52(71)55(42)17-23-63(24-18-55)51(70)54(3)15-21-64(22-16-54)53(72)65-27-25-62(26-28-65)46-13-8-37(33-56-46)41-11-14-47(68)60-50(41)69/h7-8,12-13,29,32-35,38-41H,4-6,9-11,14-28,30-31H2,1-3H3,(H,58,59)(H,60,68,69)/t39-,40+,41?. The van der Waals surface area contributed by atoms with Gasteiger partial charge in [-0.2, -0.15) is 0 Å². The molecule has 9 heterocycles. The first-order valence-corrected chi connectivity index (χ1v) is 27.1. The number of benzene rings is 1. The molecule has 5 saturated heterocycles. The van der Waals surface area contributed by atoms with Crippen molar-refractivity contribution in [2.75, 3.05) is 80.6 Å². The van der Waals surface area contributed by atoms with Crippen LogP contribution in [0, 0.1) is 5.41 Å². The van der Waals surface area contributed by atoms with Gasteiger partial charge in [-0.25, -0.2) is 19.7 Å². The lowest BCUT2D eigenvalue weighted by atomic mass is 9.72. The second-order valence-corrected chi connectivity index (χ2v) is 22.8. The average Bonchev–Trinajstić information content (AvgIpc) is 4.05. The minimum Gasteiger partial charge on any atom is -0.366 e. The van der Waals surface area contributed by atoms with Gasteiger partial charge in [-0.3, -0.25) is 24.5 Å². The van der Waals surface area contributed by atoms with Crippen LogP contribution in [0.3, 0.4) is 0 Å². The highest BCUT2D eigenvalue weighted by Gasteiger charge is 2.56. The molecule has 4 aromatic rings. The Morgan fingerprint density at radius 1 is 0.778 bits per heavy atom. The smallest absolute Gasteiger partial charge is 0.320 e. The molecule has 6 aliphatic heterocycles. The lowest BCUT2D eigenvalue weighted by Gasteiger charge is -2.48. The minimum absolute atomic E-state index is 0.0126. The highest BCUT2D eigenvalue weighted by atomic mass is 16.2. The lowest BCUT2D eigenvalue weighted by Crippen LogP contribution is -2.59. The van der Waals surface area contributed by atoms with Crippen molar-refractivity contribution in [1.29, 1.82) is 0 Å². The number of pyridine rings is 2. The molecule has 17 heteroatoms. The van der Waals surface area contributed by atoms with E-state index in [2.05, 4.69) is 79.9 Å². The number of nitrogens with one attached hydrogen (secondary N) is 2. The van der Waals surface area contributed by atoms with E-state index in [0.29, 0.717) is 103 Å². The molecule has 72 heavy (non-hydrogen) atoms. The fourth-order valence-corrected chi connectivity index (χ4v) is 13.1. The molecule has 1 atom stereocenters. The molecule has 3 aromatic heterocycles. The first-order valence-electron chi connectivity index (χ1n) is 27.1. The second kappa shape index (κ2) is 18.4. The quantitative estimate of drug-likeness (QED) is 0.177. The number of rotatable bonds is 9. The summed E-state index contributed by atoms with van der Waals surface area (Å²) in [5.41, 5.74) is 5.39. The molecule has 12 rings (SSSR count). The Morgan fingerprint density at radius 2 is 1.50 bits per heavy atom. The van der Waals surface area contributed by atoms with Crippen LogP contribution in [-0.2, 0) is 24.6 Å². The van der Waals surface area contributed by atoms with E-state index in [1.807, 2.05) is 33.2 Å². The zero-order valence-electron chi connectivity index (χ0n) is 42.3. The van der Waals surface area contributed by atoms with Gasteiger partial charge in [0.1, 0.15) is 11.3 Å². The van der Waals surface area contributed by atoms with Gasteiger partial charge in [0, 0.05) is 106 Å². The summed E-state index contributed by atoms with van der Waals surface area (Å²) in [7, 11) is 0. The van der Waals surface area contributed by atoms with Gasteiger partial charge in [0.25, 0.3) is 0 Å². The van der Waals surface area contributed by atoms with Gasteiger partial charge in [0.05, 0.1) is 28.9 Å². The summed E-state index contributed by atoms with van der Waals surface area (Å²) < 4.78 is 2.20. The van der Waals surface area contributed by atoms with Crippen molar-refractivity contribution in [2.45, 2.75) is 140 Å². The Bertz CT molecular complexity index is 2770. The van der Waals surface area contributed by atoms with Gasteiger partial charge < -0.3 is 39.3 Å². The Morgan fingerprint density at radius 3 is 2.18 bits per heavy atom. The molecule has 1 spiro atoms. The Labute approximate surface area is 422 Å². The number of nitrogens with zero attached hydrogens (tertiary/aromatic N) is 10. The number of fused-ring (bicyclic) bond motifs is 3. The maximum absolute atomic E-state index is 15.3. The fraction of sp³-hybridized carbons (Fsp3) is 0.600. The average molecular weight is 979 g/mol. The molecule has 8 aliphatic rings. The molecule has 2 saturated carbocycles. The molecule has 6 amide bonds. The first-order chi connectivity index (χ1) is 34.9. The normalized spacial score (nSPS) is 25.5. The molecule has 1 aromatic carbocycles. The summed E-state index contributed by atoms with van der Waals surface area (Å²) in [6.07, 6.45) is 14.9. The molecular formula is C55H70N12O5. The molecule has 2 N–H and O–H groups in total. The van der Waals surface area contributed by atoms with Crippen molar-refractivity contribution < 1.29 is 24.0 Å². The van der Waals surface area contributed by atoms with Crippen LogP contribution < -0.4 is 20.4 Å². The molecule has 2 aliphatic carbocycles. The van der Waals surface area contributed by atoms with E-state index >= 15 is 4.79 Å². The number of aromatic nitrogens is 4. The fourth-order valence-electron chi connectivity index (χ4n) is 13.1. The van der Waals surface area contributed by atoms with E-state index in [1.165, 1.54) is 19.3 Å². The number of anilines is 3. The van der Waals surface area contributed by atoms with Crippen molar-refractivity contribution in [3.8, 4) is 11.3 Å². The Kier molecular flexibility index (Phi) is 12.0. The maximum atomic E-state index is 15.3. The highest BCUT2D eigenvalue weighted by Crippen LogP contribution is 2.53. The van der Waals surface area contributed by atoms with Crippen molar-refractivity contribution in [3.63, 3.8) is 0 Å². The van der Waals surface area contributed by atoms with Crippen LogP contribution in [0.4, 0.5) is 22.1 Å². The topological polar surface area (TPSA) is 172 Å². The zero-order chi connectivity index (χ0) is 49.5. The lowest BCUT2D eigenvalue weighted by molar-refractivity contribution is -0.146. The van der Waals surface area contributed by atoms with Crippen LogP contribution >= 0.6 is 0 Å². The molecule has 7 fully saturated rings. The summed E-state index contributed by atoms with van der Waals surface area (Å²) in [5, 5.41) is 6.13. The predicted octanol–water partition coefficient (Wildman–Crippen LogP) is 6.44. The number of hydrogen-bond donors (Lipinski definition) is 2. The molecule has 0 bridgehead atoms. The third-order valence-corrected chi connectivity index (χ3v) is 17.9. The number of amides is 6. The molecule has 1 unspecified atom stereocenters. The van der Waals surface area contributed by atoms with Crippen LogP contribution in [0.2, 0.25) is 0 Å². The minimum atomic E-state index is -0.691. The van der Waals surface area contributed by atoms with E-state index < -0.39 is 10.8 Å². The van der Waals surface area contributed by atoms with Crippen LogP contribution in [0.5, 0.6) is 0 Å². The van der Waals surface area contributed by atoms with Gasteiger partial charge in [-0.15, -0.1) is 0 Å². The summed E-state index contributed by atoms with van der Waals surface area (Å²) >= 11 is 0. The van der Waals surface area contributed by atoms with E-state index in [0.717, 1.165) is 89.5 Å². The van der Waals surface area contributed by atoms with Crippen LogP contribution in [-0.4, -0.2) is 152 Å². The third kappa shape index (κ3) is 8.36. The monoisotopic (exact) mass is 979 g/mol. The van der Waals surface area contributed by atoms with Crippen molar-refractivity contribution in [3.05, 3.63) is 60.0 Å². The van der Waals surface area contributed by atoms with Gasteiger partial charge in [0.15, 0.2) is 5.82 Å². The molecule has 0 radical (unpaired) electrons. The Balaban J connectivity index is 0.705. The highest BCUT2D eigenvalue weighted by molar-refractivity contribution is 6.09. The summed E-state index contributed by atoms with van der Waals surface area (Å²) in [4.78, 5) is 95.3. The van der Waals surface area contributed by atoms with E-state index in [4.69, 9.17) is 9.97 Å². The number of piperazine rings is 1. The van der Waals surface area contributed by atoms with Crippen LogP contribution in [0.25, 0.3) is 22.3 Å². The number of carbonyl (C=O) groups excluding carboxylic acids is 5. The first kappa shape index (κ1) is 46.9. The molecule has 380 valence electrons. The van der Waals surface area contributed by atoms with Crippen LogP contribution in [0.15, 0.2) is 48.9 Å². The molecular weight excluding hydrogens is 909 g/mol. The SMILES string of the molecule is CC(C)n1cnc2cc(-c3ccc4c(c3)N([C@H]3C[C@@H](N5CCCCC5)C3)C(=O)C43CCN(C(=O)C4(C)CCN(C(=O)N5CCN(c6ccc(C7CCC(=O)NC7=O)cn6)CC5)CC4)CC3)nc(NC3CC3)c21.